The molecule has 0 unspecified atom stereocenters. The lowest BCUT2D eigenvalue weighted by Crippen LogP contribution is -2.38. The largest absolute Gasteiger partial charge is 0.309 e. The molecule has 4 N–H and O–H groups in total. The standard InChI is InChI=1S/C18H24N4O3S.C7H7Br.2CH2O/c1-19-14(10-6-3-7-11-16(23)22-25)17(24)21-18-20-15(12-26-18)13-8-4-2-5-9-13;1-6-2-4-7(8)5-3-6;2*1-2/h2,4-5,8-9,12,14,19,25H,3,6-7,10-11H2,1H3,(H,22,23)(H,20,21,24);2-5H,1H3;2*1H2/t14-;;;/m0.../s1. The predicted octanol–water partition coefficient (Wildman–Crippen LogP) is 5.18. The highest BCUT2D eigenvalue weighted by Gasteiger charge is 2.17. The molecule has 0 bridgehead atoms. The smallest absolute Gasteiger partial charge is 0.243 e. The summed E-state index contributed by atoms with van der Waals surface area (Å²) in [5, 5.41) is 16.8. The fourth-order valence-electron chi connectivity index (χ4n) is 3.07. The van der Waals surface area contributed by atoms with Crippen molar-refractivity contribution in [2.75, 3.05) is 12.4 Å². The van der Waals surface area contributed by atoms with Gasteiger partial charge >= 0.3 is 0 Å². The van der Waals surface area contributed by atoms with E-state index in [4.69, 9.17) is 14.8 Å². The van der Waals surface area contributed by atoms with E-state index in [9.17, 15) is 9.59 Å². The summed E-state index contributed by atoms with van der Waals surface area (Å²) < 4.78 is 1.14. The van der Waals surface area contributed by atoms with Crippen LogP contribution in [0.4, 0.5) is 5.13 Å². The molecule has 1 aromatic heterocycles. The van der Waals surface area contributed by atoms with Crippen molar-refractivity contribution < 1.29 is 24.4 Å². The Bertz CT molecular complexity index is 1030. The van der Waals surface area contributed by atoms with E-state index in [1.807, 2.05) is 61.4 Å². The summed E-state index contributed by atoms with van der Waals surface area (Å²) in [6.45, 7) is 6.08. The SMILES string of the molecule is C=O.C=O.CN[C@@H](CCCCCC(=O)NO)C(=O)Nc1nc(-c2ccccc2)cs1.Cc1ccc(Br)cc1. The van der Waals surface area contributed by atoms with Crippen LogP contribution < -0.4 is 16.1 Å². The summed E-state index contributed by atoms with van der Waals surface area (Å²) in [5.74, 6) is -0.500. The fraction of sp³-hybridized carbons (Fsp3) is 0.296. The Morgan fingerprint density at radius 3 is 2.18 bits per heavy atom. The fourth-order valence-corrected chi connectivity index (χ4v) is 4.06. The quantitative estimate of drug-likeness (QED) is 0.142. The van der Waals surface area contributed by atoms with Crippen LogP contribution in [0.15, 0.2) is 64.5 Å². The van der Waals surface area contributed by atoms with E-state index < -0.39 is 0 Å². The predicted molar refractivity (Wildman–Crippen MR) is 155 cm³/mol. The van der Waals surface area contributed by atoms with E-state index in [0.29, 0.717) is 18.0 Å². The molecule has 0 saturated carbocycles. The van der Waals surface area contributed by atoms with E-state index in [-0.39, 0.29) is 24.3 Å². The average molecular weight is 608 g/mol. The van der Waals surface area contributed by atoms with Gasteiger partial charge in [0, 0.05) is 21.8 Å². The van der Waals surface area contributed by atoms with E-state index in [2.05, 4.69) is 50.6 Å². The second-order valence-electron chi connectivity index (χ2n) is 7.66. The molecular formula is C27H35BrN4O5S. The highest BCUT2D eigenvalue weighted by molar-refractivity contribution is 9.10. The summed E-state index contributed by atoms with van der Waals surface area (Å²) in [6.07, 6.45) is 3.25. The summed E-state index contributed by atoms with van der Waals surface area (Å²) in [6, 6.07) is 17.7. The van der Waals surface area contributed by atoms with Crippen LogP contribution in [-0.2, 0) is 19.2 Å². The summed E-state index contributed by atoms with van der Waals surface area (Å²) in [4.78, 5) is 43.8. The number of aryl methyl sites for hydroxylation is 1. The maximum atomic E-state index is 12.4. The Morgan fingerprint density at radius 2 is 1.63 bits per heavy atom. The third-order valence-electron chi connectivity index (χ3n) is 5.00. The first kappa shape index (κ1) is 34.8. The van der Waals surface area contributed by atoms with E-state index >= 15 is 0 Å². The molecule has 0 spiro atoms. The zero-order chi connectivity index (χ0) is 28.8. The number of aromatic nitrogens is 1. The van der Waals surface area contributed by atoms with Gasteiger partial charge in [0.2, 0.25) is 11.8 Å². The van der Waals surface area contributed by atoms with Crippen molar-refractivity contribution in [3.05, 3.63) is 70.0 Å². The molecule has 0 aliphatic rings. The summed E-state index contributed by atoms with van der Waals surface area (Å²) >= 11 is 4.74. The molecule has 0 radical (unpaired) electrons. The Labute approximate surface area is 236 Å². The van der Waals surface area contributed by atoms with Crippen molar-refractivity contribution in [3.8, 4) is 11.3 Å². The number of thiazole rings is 1. The van der Waals surface area contributed by atoms with E-state index in [0.717, 1.165) is 28.6 Å². The number of unbranched alkanes of at least 4 members (excludes halogenated alkanes) is 2. The van der Waals surface area contributed by atoms with Gasteiger partial charge in [-0.05, 0) is 38.9 Å². The Morgan fingerprint density at radius 1 is 1.00 bits per heavy atom. The molecule has 0 aliphatic heterocycles. The molecule has 3 rings (SSSR count). The van der Waals surface area contributed by atoms with Gasteiger partial charge in [0.05, 0.1) is 11.7 Å². The molecule has 9 nitrogen and oxygen atoms in total. The van der Waals surface area contributed by atoms with Crippen LogP contribution in [0, 0.1) is 6.92 Å². The highest BCUT2D eigenvalue weighted by atomic mass is 79.9. The lowest BCUT2D eigenvalue weighted by molar-refractivity contribution is -0.129. The molecule has 2 aromatic carbocycles. The van der Waals surface area contributed by atoms with Gasteiger partial charge in [-0.25, -0.2) is 10.5 Å². The molecule has 38 heavy (non-hydrogen) atoms. The Kier molecular flexibility index (Phi) is 19.9. The number of amides is 2. The lowest BCUT2D eigenvalue weighted by atomic mass is 10.1. The maximum absolute atomic E-state index is 12.4. The molecule has 11 heteroatoms. The zero-order valence-corrected chi connectivity index (χ0v) is 24.0. The van der Waals surface area contributed by atoms with E-state index in [1.54, 1.807) is 12.5 Å². The Balaban J connectivity index is 0.000000952. The number of halogens is 1. The van der Waals surface area contributed by atoms with Crippen LogP contribution in [0.1, 0.15) is 37.7 Å². The van der Waals surface area contributed by atoms with Gasteiger partial charge in [0.25, 0.3) is 0 Å². The topological polar surface area (TPSA) is 137 Å². The number of anilines is 1. The van der Waals surface area contributed by atoms with Crippen LogP contribution >= 0.6 is 27.3 Å². The van der Waals surface area contributed by atoms with Gasteiger partial charge in [-0.15, -0.1) is 11.3 Å². The average Bonchev–Trinajstić information content (AvgIpc) is 3.43. The van der Waals surface area contributed by atoms with Gasteiger partial charge in [-0.3, -0.25) is 14.8 Å². The van der Waals surface area contributed by atoms with Crippen molar-refractivity contribution in [2.45, 2.75) is 45.1 Å². The molecule has 0 fully saturated rings. The van der Waals surface area contributed by atoms with Crippen molar-refractivity contribution in [1.82, 2.24) is 15.8 Å². The third kappa shape index (κ3) is 14.5. The van der Waals surface area contributed by atoms with E-state index in [1.165, 1.54) is 16.9 Å². The molecule has 2 amide bonds. The van der Waals surface area contributed by atoms with Crippen LogP contribution in [0.5, 0.6) is 0 Å². The van der Waals surface area contributed by atoms with Gasteiger partial charge in [-0.1, -0.05) is 76.8 Å². The minimum Gasteiger partial charge on any atom is -0.309 e. The van der Waals surface area contributed by atoms with Crippen molar-refractivity contribution in [1.29, 1.82) is 0 Å². The van der Waals surface area contributed by atoms with Crippen LogP contribution in [0.3, 0.4) is 0 Å². The Hall–Kier alpha value is -3.25. The molecule has 3 aromatic rings. The number of benzene rings is 2. The number of rotatable bonds is 10. The van der Waals surface area contributed by atoms with Crippen molar-refractivity contribution >= 4 is 57.8 Å². The summed E-state index contributed by atoms with van der Waals surface area (Å²) in [5.41, 5.74) is 4.77. The number of nitrogens with one attached hydrogen (secondary N) is 3. The molecule has 0 saturated heterocycles. The maximum Gasteiger partial charge on any atom is 0.243 e. The molecular weight excluding hydrogens is 572 g/mol. The van der Waals surface area contributed by atoms with Gasteiger partial charge < -0.3 is 20.2 Å². The minimum atomic E-state index is -0.383. The van der Waals surface area contributed by atoms with Crippen molar-refractivity contribution in [3.63, 3.8) is 0 Å². The number of nitrogens with zero attached hydrogens (tertiary/aromatic N) is 1. The van der Waals surface area contributed by atoms with Gasteiger partial charge in [0.1, 0.15) is 13.6 Å². The van der Waals surface area contributed by atoms with Crippen LogP contribution in [0.2, 0.25) is 0 Å². The number of carbonyl (C=O) groups excluding carboxylic acids is 4. The normalized spacial score (nSPS) is 10.2. The molecule has 206 valence electrons. The third-order valence-corrected chi connectivity index (χ3v) is 6.29. The second-order valence-corrected chi connectivity index (χ2v) is 9.44. The monoisotopic (exact) mass is 606 g/mol. The first-order valence-corrected chi connectivity index (χ1v) is 13.3. The zero-order valence-electron chi connectivity index (χ0n) is 21.6. The lowest BCUT2D eigenvalue weighted by Gasteiger charge is -2.14. The molecule has 1 heterocycles. The highest BCUT2D eigenvalue weighted by Crippen LogP contribution is 2.24. The number of hydroxylamine groups is 1. The van der Waals surface area contributed by atoms with Crippen LogP contribution in [-0.4, -0.2) is 48.7 Å². The number of hydrogen-bond donors (Lipinski definition) is 4. The number of likely N-dealkylation sites (N-methyl/N-ethyl adjacent to an activating group) is 1. The minimum absolute atomic E-state index is 0.116. The van der Waals surface area contributed by atoms with Gasteiger partial charge in [-0.2, -0.15) is 0 Å². The summed E-state index contributed by atoms with van der Waals surface area (Å²) in [7, 11) is 1.75. The molecule has 0 aliphatic carbocycles. The van der Waals surface area contributed by atoms with Crippen molar-refractivity contribution in [2.24, 2.45) is 0 Å². The number of hydrogen-bond acceptors (Lipinski definition) is 8. The second kappa shape index (κ2) is 21.8. The van der Waals surface area contributed by atoms with Gasteiger partial charge in [0.15, 0.2) is 5.13 Å². The first-order valence-electron chi connectivity index (χ1n) is 11.6. The molecule has 1 atom stereocenters. The first-order chi connectivity index (χ1) is 18.4. The van der Waals surface area contributed by atoms with Crippen LogP contribution in [0.25, 0.3) is 11.3 Å². The number of carbonyl (C=O) groups is 4.